The molecule has 8 nitrogen and oxygen atoms in total. The van der Waals surface area contributed by atoms with Crippen LogP contribution in [0.4, 0.5) is 11.4 Å². The molecule has 0 radical (unpaired) electrons. The third-order valence-electron chi connectivity index (χ3n) is 4.06. The molecule has 0 atom stereocenters. The van der Waals surface area contributed by atoms with E-state index in [0.29, 0.717) is 21.6 Å². The molecule has 1 aromatic carbocycles. The second kappa shape index (κ2) is 6.99. The van der Waals surface area contributed by atoms with E-state index < -0.39 is 20.5 Å². The van der Waals surface area contributed by atoms with Crippen molar-refractivity contribution >= 4 is 49.6 Å². The number of nitrogens with zero attached hydrogens (tertiary/aromatic N) is 3. The van der Waals surface area contributed by atoms with Gasteiger partial charge in [0.1, 0.15) is 0 Å². The molecule has 3 N–H and O–H groups in total. The van der Waals surface area contributed by atoms with E-state index in [1.165, 1.54) is 30.6 Å². The topological polar surface area (TPSA) is 128 Å². The molecule has 0 fully saturated rings. The lowest BCUT2D eigenvalue weighted by Gasteiger charge is -2.20. The molecule has 0 saturated carbocycles. The molecule has 3 rings (SSSR count). The first-order valence-electron chi connectivity index (χ1n) is 8.23. The number of nitrogens with one attached hydrogen (secondary N) is 1. The first-order chi connectivity index (χ1) is 13.0. The largest absolute Gasteiger partial charge is 0.364 e. The normalized spacial score (nSPS) is 12.1. The number of benzene rings is 1. The van der Waals surface area contributed by atoms with Crippen molar-refractivity contribution in [3.63, 3.8) is 0 Å². The highest BCUT2D eigenvalue weighted by molar-refractivity contribution is 7.92. The summed E-state index contributed by atoms with van der Waals surface area (Å²) in [6.07, 6.45) is 2.96. The van der Waals surface area contributed by atoms with Crippen molar-refractivity contribution in [1.82, 2.24) is 15.2 Å². The van der Waals surface area contributed by atoms with E-state index in [2.05, 4.69) is 20.5 Å². The first-order valence-corrected chi connectivity index (χ1v) is 10.1. The number of aromatic nitrogens is 3. The number of amides is 1. The van der Waals surface area contributed by atoms with Gasteiger partial charge in [0.2, 0.25) is 0 Å². The summed E-state index contributed by atoms with van der Waals surface area (Å²) in [5.41, 5.74) is 6.42. The van der Waals surface area contributed by atoms with Crippen LogP contribution < -0.4 is 11.1 Å². The summed E-state index contributed by atoms with van der Waals surface area (Å²) in [5.74, 6) is -0.809. The SMILES string of the molecule is CC(C)(C)S(=O)(=O)c1ccc2nnc(C(N)=O)c(Nc3cncc(Cl)c3)c2c1. The Labute approximate surface area is 167 Å². The van der Waals surface area contributed by atoms with Gasteiger partial charge >= 0.3 is 0 Å². The maximum Gasteiger partial charge on any atom is 0.271 e. The molecule has 10 heteroatoms. The van der Waals surface area contributed by atoms with E-state index in [4.69, 9.17) is 17.3 Å². The molecule has 0 saturated heterocycles. The highest BCUT2D eigenvalue weighted by Gasteiger charge is 2.31. The molecule has 2 heterocycles. The Hall–Kier alpha value is -2.78. The summed E-state index contributed by atoms with van der Waals surface area (Å²) in [6.45, 7) is 4.84. The second-order valence-corrected chi connectivity index (χ2v) is 10.2. The summed E-state index contributed by atoms with van der Waals surface area (Å²) in [7, 11) is -3.62. The fraction of sp³-hybridized carbons (Fsp3) is 0.222. The fourth-order valence-corrected chi connectivity index (χ4v) is 3.93. The van der Waals surface area contributed by atoms with Crippen molar-refractivity contribution in [2.45, 2.75) is 30.4 Å². The molecule has 0 aliphatic heterocycles. The lowest BCUT2D eigenvalue weighted by molar-refractivity contribution is 0.0995. The Kier molecular flexibility index (Phi) is 4.99. The van der Waals surface area contributed by atoms with Gasteiger partial charge in [-0.15, -0.1) is 10.2 Å². The van der Waals surface area contributed by atoms with Crippen LogP contribution in [0, 0.1) is 0 Å². The van der Waals surface area contributed by atoms with Gasteiger partial charge in [-0.3, -0.25) is 9.78 Å². The third kappa shape index (κ3) is 3.63. The van der Waals surface area contributed by atoms with Gasteiger partial charge in [-0.2, -0.15) is 0 Å². The molecule has 0 unspecified atom stereocenters. The van der Waals surface area contributed by atoms with Crippen LogP contribution in [0.15, 0.2) is 41.6 Å². The van der Waals surface area contributed by atoms with Crippen LogP contribution >= 0.6 is 11.6 Å². The molecule has 0 aliphatic rings. The van der Waals surface area contributed by atoms with Crippen LogP contribution in [-0.4, -0.2) is 34.3 Å². The molecule has 3 aromatic rings. The number of rotatable bonds is 4. The predicted octanol–water partition coefficient (Wildman–Crippen LogP) is 3.09. The molecule has 2 aromatic heterocycles. The number of anilines is 2. The summed E-state index contributed by atoms with van der Waals surface area (Å²) in [6, 6.07) is 6.05. The predicted molar refractivity (Wildman–Crippen MR) is 108 cm³/mol. The van der Waals surface area contributed by atoms with Gasteiger partial charge in [0, 0.05) is 11.6 Å². The number of hydrogen-bond acceptors (Lipinski definition) is 7. The Balaban J connectivity index is 2.28. The van der Waals surface area contributed by atoms with Crippen molar-refractivity contribution in [2.75, 3.05) is 5.32 Å². The minimum atomic E-state index is -3.62. The number of carbonyl (C=O) groups excluding carboxylic acids is 1. The smallest absolute Gasteiger partial charge is 0.271 e. The van der Waals surface area contributed by atoms with Gasteiger partial charge < -0.3 is 11.1 Å². The lowest BCUT2D eigenvalue weighted by Crippen LogP contribution is -2.27. The molecule has 1 amide bonds. The number of carbonyl (C=O) groups is 1. The summed E-state index contributed by atoms with van der Waals surface area (Å²) >= 11 is 5.97. The van der Waals surface area contributed by atoms with E-state index in [9.17, 15) is 13.2 Å². The van der Waals surface area contributed by atoms with E-state index >= 15 is 0 Å². The summed E-state index contributed by atoms with van der Waals surface area (Å²) < 4.78 is 24.7. The highest BCUT2D eigenvalue weighted by Crippen LogP contribution is 2.32. The molecular formula is C18H18ClN5O3S. The van der Waals surface area contributed by atoms with E-state index in [1.807, 2.05) is 0 Å². The number of hydrogen-bond donors (Lipinski definition) is 2. The summed E-state index contributed by atoms with van der Waals surface area (Å²) in [4.78, 5) is 16.0. The number of primary amides is 1. The number of halogens is 1. The summed E-state index contributed by atoms with van der Waals surface area (Å²) in [5, 5.41) is 11.6. The zero-order chi connectivity index (χ0) is 20.7. The Morgan fingerprint density at radius 2 is 1.86 bits per heavy atom. The molecule has 146 valence electrons. The van der Waals surface area contributed by atoms with Gasteiger partial charge in [0.15, 0.2) is 15.5 Å². The van der Waals surface area contributed by atoms with E-state index in [0.717, 1.165) is 0 Å². The number of pyridine rings is 1. The van der Waals surface area contributed by atoms with Crippen molar-refractivity contribution < 1.29 is 13.2 Å². The lowest BCUT2D eigenvalue weighted by atomic mass is 10.1. The number of fused-ring (bicyclic) bond motifs is 1. The molecule has 0 aliphatic carbocycles. The highest BCUT2D eigenvalue weighted by atomic mass is 35.5. The van der Waals surface area contributed by atoms with Gasteiger partial charge in [-0.1, -0.05) is 11.6 Å². The quantitative estimate of drug-likeness (QED) is 0.664. The standard InChI is InChI=1S/C18H18ClN5O3S/c1-18(2,3)28(26,27)12-4-5-14-13(7-12)15(16(17(20)25)24-23-14)22-11-6-10(19)8-21-9-11/h4-9H,1-3H3,(H2,20,25)(H,22,23). The molecule has 0 bridgehead atoms. The van der Waals surface area contributed by atoms with Crippen LogP contribution in [0.5, 0.6) is 0 Å². The van der Waals surface area contributed by atoms with Crippen molar-refractivity contribution in [1.29, 1.82) is 0 Å². The van der Waals surface area contributed by atoms with Crippen LogP contribution in [0.2, 0.25) is 5.02 Å². The monoisotopic (exact) mass is 419 g/mol. The maximum atomic E-state index is 12.9. The zero-order valence-electron chi connectivity index (χ0n) is 15.4. The average Bonchev–Trinajstić information content (AvgIpc) is 2.60. The van der Waals surface area contributed by atoms with E-state index in [1.54, 1.807) is 26.8 Å². The molecule has 0 spiro atoms. The van der Waals surface area contributed by atoms with Crippen LogP contribution in [0.3, 0.4) is 0 Å². The van der Waals surface area contributed by atoms with Gasteiger partial charge in [-0.05, 0) is 45.0 Å². The van der Waals surface area contributed by atoms with Crippen LogP contribution in [0.1, 0.15) is 31.3 Å². The molecular weight excluding hydrogens is 402 g/mol. The average molecular weight is 420 g/mol. The van der Waals surface area contributed by atoms with E-state index in [-0.39, 0.29) is 16.3 Å². The maximum absolute atomic E-state index is 12.9. The van der Waals surface area contributed by atoms with Crippen LogP contribution in [-0.2, 0) is 9.84 Å². The van der Waals surface area contributed by atoms with Gasteiger partial charge in [0.05, 0.1) is 37.8 Å². The fourth-order valence-electron chi connectivity index (χ4n) is 2.53. The minimum absolute atomic E-state index is 0.100. The van der Waals surface area contributed by atoms with Crippen LogP contribution in [0.25, 0.3) is 10.9 Å². The Bertz CT molecular complexity index is 1190. The zero-order valence-corrected chi connectivity index (χ0v) is 17.0. The van der Waals surface area contributed by atoms with Gasteiger partial charge in [0.25, 0.3) is 5.91 Å². The third-order valence-corrected chi connectivity index (χ3v) is 6.75. The van der Waals surface area contributed by atoms with Crippen molar-refractivity contribution in [3.8, 4) is 0 Å². The second-order valence-electron chi connectivity index (χ2n) is 7.10. The van der Waals surface area contributed by atoms with Crippen molar-refractivity contribution in [3.05, 3.63) is 47.4 Å². The van der Waals surface area contributed by atoms with Gasteiger partial charge in [-0.25, -0.2) is 8.42 Å². The minimum Gasteiger partial charge on any atom is -0.364 e. The number of nitrogens with two attached hydrogens (primary N) is 1. The first kappa shape index (κ1) is 20.0. The Morgan fingerprint density at radius 3 is 2.46 bits per heavy atom. The number of sulfone groups is 1. The molecule has 28 heavy (non-hydrogen) atoms. The Morgan fingerprint density at radius 1 is 1.14 bits per heavy atom. The van der Waals surface area contributed by atoms with Crippen molar-refractivity contribution in [2.24, 2.45) is 5.73 Å².